The van der Waals surface area contributed by atoms with Gasteiger partial charge in [-0.2, -0.15) is 5.10 Å². The largest absolute Gasteiger partial charge is 0.493 e. The molecule has 27 heavy (non-hydrogen) atoms. The normalized spacial score (nSPS) is 10.9. The highest BCUT2D eigenvalue weighted by atomic mass is 32.2. The maximum atomic E-state index is 11.5. The van der Waals surface area contributed by atoms with E-state index in [0.29, 0.717) is 41.1 Å². The predicted octanol–water partition coefficient (Wildman–Crippen LogP) is 2.52. The molecule has 0 atom stereocenters. The molecule has 0 fully saturated rings. The van der Waals surface area contributed by atoms with Crippen LogP contribution in [0.5, 0.6) is 17.2 Å². The number of nitrogens with zero attached hydrogens (tertiary/aromatic N) is 1. The molecule has 0 spiro atoms. The second-order valence-corrected chi connectivity index (χ2v) is 6.20. The van der Waals surface area contributed by atoms with Gasteiger partial charge in [-0.1, -0.05) is 0 Å². The zero-order valence-electron chi connectivity index (χ0n) is 15.7. The summed E-state index contributed by atoms with van der Waals surface area (Å²) in [6.45, 7) is 2.05. The molecule has 0 unspecified atom stereocenters. The Morgan fingerprint density at radius 3 is 2.26 bits per heavy atom. The summed E-state index contributed by atoms with van der Waals surface area (Å²) in [4.78, 5) is 22.2. The van der Waals surface area contributed by atoms with E-state index in [1.54, 1.807) is 19.1 Å². The van der Waals surface area contributed by atoms with Gasteiger partial charge in [0.15, 0.2) is 11.5 Å². The molecule has 10 heteroatoms. The fourth-order valence-corrected chi connectivity index (χ4v) is 3.01. The molecule has 0 saturated carbocycles. The lowest BCUT2D eigenvalue weighted by Crippen LogP contribution is -2.17. The van der Waals surface area contributed by atoms with Crippen molar-refractivity contribution in [1.82, 2.24) is 5.43 Å². The number of amides is 1. The van der Waals surface area contributed by atoms with Crippen molar-refractivity contribution in [2.24, 2.45) is 5.10 Å². The first-order valence-corrected chi connectivity index (χ1v) is 9.06. The molecular formula is C17H24N2O7S. The average molecular weight is 400 g/mol. The van der Waals surface area contributed by atoms with Crippen molar-refractivity contribution < 1.29 is 33.6 Å². The van der Waals surface area contributed by atoms with Gasteiger partial charge >= 0.3 is 12.1 Å². The van der Waals surface area contributed by atoms with Gasteiger partial charge in [-0.15, -0.1) is 11.8 Å². The van der Waals surface area contributed by atoms with Crippen molar-refractivity contribution in [1.29, 1.82) is 0 Å². The monoisotopic (exact) mass is 400 g/mol. The van der Waals surface area contributed by atoms with E-state index in [4.69, 9.17) is 24.1 Å². The maximum absolute atomic E-state index is 11.5. The van der Waals surface area contributed by atoms with E-state index < -0.39 is 6.09 Å². The average Bonchev–Trinajstić information content (AvgIpc) is 2.65. The second-order valence-electron chi connectivity index (χ2n) is 5.04. The number of hydrazone groups is 1. The van der Waals surface area contributed by atoms with Crippen LogP contribution in [0.1, 0.15) is 18.9 Å². The number of thioether (sulfide) groups is 1. The van der Waals surface area contributed by atoms with E-state index in [9.17, 15) is 9.59 Å². The molecule has 0 aliphatic heterocycles. The molecular weight excluding hydrogens is 376 g/mol. The van der Waals surface area contributed by atoms with Crippen LogP contribution in [0.3, 0.4) is 0 Å². The first kappa shape index (κ1) is 22.4. The lowest BCUT2D eigenvalue weighted by atomic mass is 10.1. The van der Waals surface area contributed by atoms with Crippen LogP contribution < -0.4 is 19.6 Å². The number of esters is 1. The van der Waals surface area contributed by atoms with Crippen LogP contribution in [-0.4, -0.2) is 55.9 Å². The summed E-state index contributed by atoms with van der Waals surface area (Å²) in [6.07, 6.45) is -0.770. The summed E-state index contributed by atoms with van der Waals surface area (Å²) in [7, 11) is 4.53. The Morgan fingerprint density at radius 1 is 1.15 bits per heavy atom. The van der Waals surface area contributed by atoms with E-state index in [1.807, 2.05) is 5.43 Å². The first-order chi connectivity index (χ1) is 12.9. The van der Waals surface area contributed by atoms with Crippen molar-refractivity contribution in [3.63, 3.8) is 0 Å². The zero-order chi connectivity index (χ0) is 20.2. The van der Waals surface area contributed by atoms with Gasteiger partial charge in [0.05, 0.1) is 39.4 Å². The van der Waals surface area contributed by atoms with E-state index in [1.165, 1.54) is 33.1 Å². The van der Waals surface area contributed by atoms with Crippen molar-refractivity contribution >= 4 is 28.9 Å². The highest BCUT2D eigenvalue weighted by Crippen LogP contribution is 2.38. The second kappa shape index (κ2) is 11.9. The van der Waals surface area contributed by atoms with Crippen molar-refractivity contribution in [3.05, 3.63) is 17.7 Å². The number of hydrogen-bond acceptors (Lipinski definition) is 8. The molecule has 1 amide bonds. The lowest BCUT2D eigenvalue weighted by molar-refractivity contribution is -0.142. The van der Waals surface area contributed by atoms with Gasteiger partial charge in [0, 0.05) is 12.2 Å². The fourth-order valence-electron chi connectivity index (χ4n) is 2.13. The fraction of sp³-hybridized carbons (Fsp3) is 0.471. The Kier molecular flexibility index (Phi) is 9.88. The van der Waals surface area contributed by atoms with Crippen molar-refractivity contribution in [2.75, 3.05) is 33.7 Å². The number of carbonyl (C=O) groups excluding carboxylic acids is 1. The summed E-state index contributed by atoms with van der Waals surface area (Å²) in [6, 6.07) is 3.51. The molecule has 0 heterocycles. The number of benzene rings is 1. The highest BCUT2D eigenvalue weighted by Gasteiger charge is 2.15. The van der Waals surface area contributed by atoms with Crippen LogP contribution >= 0.6 is 11.8 Å². The summed E-state index contributed by atoms with van der Waals surface area (Å²) in [5.41, 5.74) is 2.77. The summed E-state index contributed by atoms with van der Waals surface area (Å²) in [5.74, 6) is 1.51. The zero-order valence-corrected chi connectivity index (χ0v) is 16.6. The topological polar surface area (TPSA) is 116 Å². The molecule has 0 aliphatic rings. The summed E-state index contributed by atoms with van der Waals surface area (Å²) < 4.78 is 20.8. The molecule has 2 N–H and O–H groups in total. The number of hydrogen-bond donors (Lipinski definition) is 2. The van der Waals surface area contributed by atoms with Gasteiger partial charge in [0.2, 0.25) is 5.75 Å². The van der Waals surface area contributed by atoms with Crippen LogP contribution in [0.15, 0.2) is 17.2 Å². The third-order valence-electron chi connectivity index (χ3n) is 3.24. The number of carbonyl (C=O) groups is 2. The van der Waals surface area contributed by atoms with Gasteiger partial charge in [0.25, 0.3) is 0 Å². The molecule has 150 valence electrons. The molecule has 1 aromatic carbocycles. The van der Waals surface area contributed by atoms with Crippen LogP contribution in [0.4, 0.5) is 4.79 Å². The molecule has 0 radical (unpaired) electrons. The third-order valence-corrected chi connectivity index (χ3v) is 4.21. The smallest absolute Gasteiger partial charge is 0.425 e. The Hall–Kier alpha value is -2.62. The van der Waals surface area contributed by atoms with Crippen LogP contribution in [0.25, 0.3) is 0 Å². The van der Waals surface area contributed by atoms with Crippen molar-refractivity contribution in [3.8, 4) is 17.2 Å². The molecule has 0 aliphatic carbocycles. The quantitative estimate of drug-likeness (QED) is 0.266. The standard InChI is InChI=1S/C17H24N2O7S/c1-5-26-15(20)6-7-27-14(18-19-17(21)22)10-11-8-12(23-2)16(25-4)13(9-11)24-3/h8-9,19H,5-7,10H2,1-4H3,(H,21,22)/b18-14-. The lowest BCUT2D eigenvalue weighted by Gasteiger charge is -2.14. The van der Waals surface area contributed by atoms with E-state index in [-0.39, 0.29) is 12.4 Å². The Labute approximate surface area is 162 Å². The number of ether oxygens (including phenoxy) is 4. The summed E-state index contributed by atoms with van der Waals surface area (Å²) >= 11 is 1.26. The highest BCUT2D eigenvalue weighted by molar-refractivity contribution is 8.13. The van der Waals surface area contributed by atoms with Gasteiger partial charge in [-0.25, -0.2) is 10.2 Å². The van der Waals surface area contributed by atoms with Crippen LogP contribution in [-0.2, 0) is 16.0 Å². The Bertz CT molecular complexity index is 654. The summed E-state index contributed by atoms with van der Waals surface area (Å²) in [5, 5.41) is 13.1. The van der Waals surface area contributed by atoms with E-state index in [2.05, 4.69) is 5.10 Å². The van der Waals surface area contributed by atoms with Crippen LogP contribution in [0, 0.1) is 0 Å². The predicted molar refractivity (Wildman–Crippen MR) is 102 cm³/mol. The van der Waals surface area contributed by atoms with E-state index in [0.717, 1.165) is 5.56 Å². The van der Waals surface area contributed by atoms with Gasteiger partial charge in [0.1, 0.15) is 0 Å². The molecule has 9 nitrogen and oxygen atoms in total. The minimum Gasteiger partial charge on any atom is -0.493 e. The third kappa shape index (κ3) is 7.65. The van der Waals surface area contributed by atoms with Gasteiger partial charge < -0.3 is 24.1 Å². The Morgan fingerprint density at radius 2 is 1.78 bits per heavy atom. The SMILES string of the molecule is CCOC(=O)CCS/C(Cc1cc(OC)c(OC)c(OC)c1)=N\NC(=O)O. The molecule has 1 rings (SSSR count). The molecule has 0 saturated heterocycles. The molecule has 0 aromatic heterocycles. The number of nitrogens with one attached hydrogen (secondary N) is 1. The van der Waals surface area contributed by atoms with Crippen molar-refractivity contribution in [2.45, 2.75) is 19.8 Å². The molecule has 1 aromatic rings. The minimum atomic E-state index is -1.27. The number of rotatable bonds is 10. The van der Waals surface area contributed by atoms with Crippen LogP contribution in [0.2, 0.25) is 0 Å². The number of methoxy groups -OCH3 is 3. The van der Waals surface area contributed by atoms with Gasteiger partial charge in [-0.05, 0) is 24.6 Å². The van der Waals surface area contributed by atoms with Gasteiger partial charge in [-0.3, -0.25) is 4.79 Å². The molecule has 0 bridgehead atoms. The Balaban J connectivity index is 2.95. The first-order valence-electron chi connectivity index (χ1n) is 8.07. The number of carboxylic acid groups (broad SMARTS) is 1. The minimum absolute atomic E-state index is 0.194. The van der Waals surface area contributed by atoms with E-state index >= 15 is 0 Å². The maximum Gasteiger partial charge on any atom is 0.425 e.